The molecule has 0 radical (unpaired) electrons. The van der Waals surface area contributed by atoms with Crippen molar-refractivity contribution >= 4 is 39.3 Å². The van der Waals surface area contributed by atoms with E-state index in [1.54, 1.807) is 11.8 Å². The summed E-state index contributed by atoms with van der Waals surface area (Å²) < 4.78 is 10.8. The highest BCUT2D eigenvalue weighted by atomic mass is 32.2. The Morgan fingerprint density at radius 3 is 2.54 bits per heavy atom. The van der Waals surface area contributed by atoms with Crippen LogP contribution in [0, 0.1) is 0 Å². The highest BCUT2D eigenvalue weighted by Gasteiger charge is 2.22. The first-order valence-corrected chi connectivity index (χ1v) is 14.7. The van der Waals surface area contributed by atoms with E-state index in [-0.39, 0.29) is 0 Å². The third-order valence-electron chi connectivity index (χ3n) is 5.60. The lowest BCUT2D eigenvalue weighted by Crippen LogP contribution is -2.29. The number of dihydropyridines is 1. The van der Waals surface area contributed by atoms with Crippen LogP contribution in [0.25, 0.3) is 0 Å². The number of ether oxygens (including phenoxy) is 1. The third-order valence-corrected chi connectivity index (χ3v) is 7.17. The molecule has 4 heterocycles. The van der Waals surface area contributed by atoms with Crippen LogP contribution in [-0.4, -0.2) is 51.0 Å². The lowest BCUT2D eigenvalue weighted by Gasteiger charge is -2.27. The largest absolute Gasteiger partial charge is 0.453 e. The summed E-state index contributed by atoms with van der Waals surface area (Å²) >= 11 is 2.96. The van der Waals surface area contributed by atoms with Gasteiger partial charge in [-0.1, -0.05) is 63.7 Å². The molecular formula is C28H38N6OS2. The number of para-hydroxylation sites is 1. The number of pyridine rings is 1. The topological polar surface area (TPSA) is 75.5 Å². The van der Waals surface area contributed by atoms with E-state index in [9.17, 15) is 0 Å². The zero-order valence-electron chi connectivity index (χ0n) is 22.5. The zero-order chi connectivity index (χ0) is 26.5. The Morgan fingerprint density at radius 2 is 1.84 bits per heavy atom. The van der Waals surface area contributed by atoms with Gasteiger partial charge in [0.2, 0.25) is 5.13 Å². The van der Waals surface area contributed by atoms with Crippen LogP contribution >= 0.6 is 23.3 Å². The number of hydrogen-bond donors (Lipinski definition) is 1. The molecule has 1 N–H and O–H groups in total. The molecule has 7 nitrogen and oxygen atoms in total. The second-order valence-corrected chi connectivity index (χ2v) is 9.95. The van der Waals surface area contributed by atoms with Crippen molar-refractivity contribution in [2.24, 2.45) is 4.99 Å². The van der Waals surface area contributed by atoms with Gasteiger partial charge in [-0.05, 0) is 57.6 Å². The third kappa shape index (κ3) is 8.66. The summed E-state index contributed by atoms with van der Waals surface area (Å²) in [5.41, 5.74) is 0. The van der Waals surface area contributed by atoms with Gasteiger partial charge >= 0.3 is 0 Å². The van der Waals surface area contributed by atoms with Gasteiger partial charge in [0.25, 0.3) is 0 Å². The molecule has 9 heteroatoms. The quantitative estimate of drug-likeness (QED) is 0.343. The van der Waals surface area contributed by atoms with E-state index in [4.69, 9.17) is 9.72 Å². The van der Waals surface area contributed by atoms with Gasteiger partial charge in [0, 0.05) is 41.2 Å². The van der Waals surface area contributed by atoms with Crippen LogP contribution in [0.4, 0.5) is 10.9 Å². The van der Waals surface area contributed by atoms with Crippen LogP contribution < -0.4 is 10.1 Å². The van der Waals surface area contributed by atoms with E-state index in [1.165, 1.54) is 11.5 Å². The van der Waals surface area contributed by atoms with Crippen molar-refractivity contribution in [2.45, 2.75) is 57.8 Å². The molecule has 0 saturated carbocycles. The summed E-state index contributed by atoms with van der Waals surface area (Å²) in [6.07, 6.45) is 9.24. The maximum atomic E-state index is 6.20. The molecule has 0 amide bonds. The number of nitrogens with zero attached hydrogens (tertiary/aromatic N) is 5. The Labute approximate surface area is 229 Å². The van der Waals surface area contributed by atoms with Gasteiger partial charge in [-0.3, -0.25) is 4.99 Å². The first-order chi connectivity index (χ1) is 18.2. The molecule has 1 fully saturated rings. The molecule has 2 aliphatic heterocycles. The maximum Gasteiger partial charge on any atom is 0.208 e. The standard InChI is InChI=1S/C24H26N6OS2.2C2H6/c1-30-13-10-17(11-14-30)22-27-24(33-29-22)28-23-20(31-18-7-3-2-4-8-18)15-19(16-26-23)32-21-9-5-6-12-25-21;2*1-2/h2-5,7-9,15-17H,6,10-14H2,1H3,(H,26,27,28,29);2*1-2H3. The van der Waals surface area contributed by atoms with Crippen molar-refractivity contribution in [3.8, 4) is 11.5 Å². The Kier molecular flexibility index (Phi) is 12.1. The van der Waals surface area contributed by atoms with Gasteiger partial charge in [0.15, 0.2) is 11.6 Å². The van der Waals surface area contributed by atoms with Crippen LogP contribution in [0.3, 0.4) is 0 Å². The number of rotatable bonds is 6. The molecule has 0 bridgehead atoms. The highest BCUT2D eigenvalue weighted by Crippen LogP contribution is 2.35. The molecule has 0 aliphatic carbocycles. The Balaban J connectivity index is 0.000000907. The molecule has 2 aromatic heterocycles. The van der Waals surface area contributed by atoms with Crippen LogP contribution in [0.5, 0.6) is 11.5 Å². The fourth-order valence-electron chi connectivity index (χ4n) is 3.76. The van der Waals surface area contributed by atoms with Gasteiger partial charge in [-0.15, -0.1) is 0 Å². The first kappa shape index (κ1) is 28.8. The Morgan fingerprint density at radius 1 is 1.08 bits per heavy atom. The first-order valence-electron chi connectivity index (χ1n) is 13.1. The van der Waals surface area contributed by atoms with E-state index in [2.05, 4.69) is 43.8 Å². The van der Waals surface area contributed by atoms with Gasteiger partial charge in [-0.2, -0.15) is 4.37 Å². The Bertz CT molecular complexity index is 1140. The van der Waals surface area contributed by atoms with Crippen LogP contribution in [0.15, 0.2) is 64.6 Å². The molecular weight excluding hydrogens is 500 g/mol. The van der Waals surface area contributed by atoms with Crippen molar-refractivity contribution < 1.29 is 4.74 Å². The van der Waals surface area contributed by atoms with Gasteiger partial charge < -0.3 is 15.0 Å². The van der Waals surface area contributed by atoms with Gasteiger partial charge in [-0.25, -0.2) is 9.97 Å². The summed E-state index contributed by atoms with van der Waals surface area (Å²) in [5, 5.41) is 5.05. The van der Waals surface area contributed by atoms with E-state index < -0.39 is 0 Å². The molecule has 37 heavy (non-hydrogen) atoms. The van der Waals surface area contributed by atoms with Crippen molar-refractivity contribution in [3.63, 3.8) is 0 Å². The minimum absolute atomic E-state index is 0.420. The molecule has 1 saturated heterocycles. The fraction of sp³-hybridized carbons (Fsp3) is 0.429. The Hall–Kier alpha value is -2.75. The monoisotopic (exact) mass is 538 g/mol. The number of hydrogen-bond acceptors (Lipinski definition) is 9. The molecule has 5 rings (SSSR count). The summed E-state index contributed by atoms with van der Waals surface area (Å²) in [4.78, 5) is 17.3. The number of likely N-dealkylation sites (tertiary alicyclic amines) is 1. The lowest BCUT2D eigenvalue weighted by atomic mass is 9.97. The summed E-state index contributed by atoms with van der Waals surface area (Å²) in [7, 11) is 2.16. The number of nitrogens with one attached hydrogen (secondary N) is 1. The molecule has 3 aromatic rings. The number of aliphatic imine (C=N–C) groups is 1. The number of aromatic nitrogens is 3. The number of piperidine rings is 1. The molecule has 0 unspecified atom stereocenters. The van der Waals surface area contributed by atoms with Gasteiger partial charge in [0.05, 0.1) is 5.04 Å². The molecule has 1 aromatic carbocycles. The van der Waals surface area contributed by atoms with E-state index >= 15 is 0 Å². The summed E-state index contributed by atoms with van der Waals surface area (Å²) in [6.45, 7) is 11.0. The van der Waals surface area contributed by atoms with E-state index in [0.29, 0.717) is 17.5 Å². The molecule has 0 atom stereocenters. The van der Waals surface area contributed by atoms with Crippen molar-refractivity contribution in [1.29, 1.82) is 0 Å². The van der Waals surface area contributed by atoms with Crippen LogP contribution in [-0.2, 0) is 0 Å². The molecule has 0 spiro atoms. The second-order valence-electron chi connectivity index (χ2n) is 8.11. The average Bonchev–Trinajstić information content (AvgIpc) is 3.42. The highest BCUT2D eigenvalue weighted by molar-refractivity contribution is 8.14. The van der Waals surface area contributed by atoms with Crippen LogP contribution in [0.1, 0.15) is 58.7 Å². The summed E-state index contributed by atoms with van der Waals surface area (Å²) in [6, 6.07) is 11.7. The van der Waals surface area contributed by atoms with Crippen molar-refractivity contribution in [3.05, 3.63) is 60.6 Å². The minimum Gasteiger partial charge on any atom is -0.453 e. The van der Waals surface area contributed by atoms with Crippen molar-refractivity contribution in [2.75, 3.05) is 32.0 Å². The predicted molar refractivity (Wildman–Crippen MR) is 158 cm³/mol. The smallest absolute Gasteiger partial charge is 0.208 e. The fourth-order valence-corrected chi connectivity index (χ4v) is 5.24. The number of anilines is 2. The maximum absolute atomic E-state index is 6.20. The summed E-state index contributed by atoms with van der Waals surface area (Å²) in [5.74, 6) is 3.36. The zero-order valence-corrected chi connectivity index (χ0v) is 24.1. The van der Waals surface area contributed by atoms with Gasteiger partial charge in [0.1, 0.15) is 11.6 Å². The molecule has 2 aliphatic rings. The second kappa shape index (κ2) is 15.5. The minimum atomic E-state index is 0.420. The van der Waals surface area contributed by atoms with E-state index in [1.807, 2.05) is 70.3 Å². The molecule has 198 valence electrons. The predicted octanol–water partition coefficient (Wildman–Crippen LogP) is 7.78. The SMILES string of the molecule is CC.CC.CN1CCC(c2nsc(Nc3ncc(SC4=NCCC=C4)cc3Oc3ccccc3)n2)CC1. The van der Waals surface area contributed by atoms with E-state index in [0.717, 1.165) is 65.5 Å². The van der Waals surface area contributed by atoms with Crippen molar-refractivity contribution in [1.82, 2.24) is 19.2 Å². The number of benzene rings is 1. The lowest BCUT2D eigenvalue weighted by molar-refractivity contribution is 0.252. The number of thioether (sulfide) groups is 1. The van der Waals surface area contributed by atoms with Crippen LogP contribution in [0.2, 0.25) is 0 Å². The average molecular weight is 539 g/mol. The normalized spacial score (nSPS) is 15.5.